The van der Waals surface area contributed by atoms with Crippen molar-refractivity contribution in [1.82, 2.24) is 4.90 Å². The Hall–Kier alpha value is -2.97. The van der Waals surface area contributed by atoms with E-state index in [4.69, 9.17) is 5.11 Å². The van der Waals surface area contributed by atoms with Crippen molar-refractivity contribution >= 4 is 29.3 Å². The Bertz CT molecular complexity index is 597. The molecule has 104 valence electrons. The zero-order chi connectivity index (χ0) is 14.9. The Morgan fingerprint density at radius 3 is 2.40 bits per heavy atom. The summed E-state index contributed by atoms with van der Waals surface area (Å²) in [7, 11) is 0. The first-order valence-corrected chi connectivity index (χ1v) is 5.48. The molecule has 1 aliphatic heterocycles. The van der Waals surface area contributed by atoms with Gasteiger partial charge in [-0.3, -0.25) is 19.7 Å². The number of hydrogen-bond acceptors (Lipinski definition) is 5. The summed E-state index contributed by atoms with van der Waals surface area (Å²) in [6.07, 6.45) is 0. The number of carbonyl (C=O) groups is 3. The summed E-state index contributed by atoms with van der Waals surface area (Å²) < 4.78 is 0. The van der Waals surface area contributed by atoms with E-state index >= 15 is 0 Å². The first-order chi connectivity index (χ1) is 9.40. The highest BCUT2D eigenvalue weighted by Gasteiger charge is 2.38. The van der Waals surface area contributed by atoms with Crippen molar-refractivity contribution in [3.63, 3.8) is 0 Å². The lowest BCUT2D eigenvalue weighted by molar-refractivity contribution is -0.384. The number of non-ortho nitro benzene ring substituents is 1. The Labute approximate surface area is 112 Å². The van der Waals surface area contributed by atoms with E-state index in [1.807, 2.05) is 0 Å². The molecule has 3 amide bonds. The number of nitro groups is 1. The molecule has 1 N–H and O–H groups in total. The number of anilines is 1. The van der Waals surface area contributed by atoms with E-state index in [1.54, 1.807) is 0 Å². The number of carboxylic acid groups (broad SMARTS) is 1. The smallest absolute Gasteiger partial charge is 0.332 e. The van der Waals surface area contributed by atoms with Crippen molar-refractivity contribution in [3.8, 4) is 0 Å². The Balaban J connectivity index is 2.24. The highest BCUT2D eigenvalue weighted by atomic mass is 16.6. The first kappa shape index (κ1) is 13.5. The normalized spacial score (nSPS) is 14.8. The molecular formula is C11H9N3O6. The monoisotopic (exact) mass is 279 g/mol. The van der Waals surface area contributed by atoms with Gasteiger partial charge < -0.3 is 10.0 Å². The van der Waals surface area contributed by atoms with Gasteiger partial charge in [0.05, 0.1) is 10.6 Å². The Morgan fingerprint density at radius 1 is 1.30 bits per heavy atom. The summed E-state index contributed by atoms with van der Waals surface area (Å²) in [5.41, 5.74) is -0.00581. The molecule has 0 aliphatic carbocycles. The highest BCUT2D eigenvalue weighted by molar-refractivity contribution is 6.20. The molecule has 1 aliphatic rings. The molecule has 1 saturated heterocycles. The van der Waals surface area contributed by atoms with Crippen molar-refractivity contribution in [2.75, 3.05) is 18.0 Å². The molecule has 0 saturated carbocycles. The second-order valence-corrected chi connectivity index (χ2v) is 4.04. The molecule has 9 heteroatoms. The summed E-state index contributed by atoms with van der Waals surface area (Å²) in [5.74, 6) is -1.80. The third-order valence-electron chi connectivity index (χ3n) is 2.68. The van der Waals surface area contributed by atoms with Crippen LogP contribution in [-0.4, -0.2) is 45.9 Å². The van der Waals surface area contributed by atoms with Gasteiger partial charge in [0.15, 0.2) is 0 Å². The molecule has 0 unspecified atom stereocenters. The van der Waals surface area contributed by atoms with Crippen LogP contribution < -0.4 is 4.90 Å². The molecule has 1 aromatic carbocycles. The van der Waals surface area contributed by atoms with Gasteiger partial charge in [-0.15, -0.1) is 0 Å². The van der Waals surface area contributed by atoms with Crippen LogP contribution >= 0.6 is 0 Å². The third-order valence-corrected chi connectivity index (χ3v) is 2.68. The lowest BCUT2D eigenvalue weighted by Gasteiger charge is -2.15. The molecule has 1 heterocycles. The fraction of sp³-hybridized carbons (Fsp3) is 0.182. The largest absolute Gasteiger partial charge is 0.480 e. The van der Waals surface area contributed by atoms with Crippen molar-refractivity contribution in [2.24, 2.45) is 0 Å². The van der Waals surface area contributed by atoms with Crippen LogP contribution in [0.2, 0.25) is 0 Å². The minimum Gasteiger partial charge on any atom is -0.480 e. The molecule has 0 aromatic heterocycles. The maximum atomic E-state index is 11.9. The van der Waals surface area contributed by atoms with Crippen molar-refractivity contribution in [3.05, 3.63) is 34.4 Å². The molecule has 9 nitrogen and oxygen atoms in total. The van der Waals surface area contributed by atoms with Gasteiger partial charge in [0.2, 0.25) is 0 Å². The molecule has 1 aromatic rings. The summed E-state index contributed by atoms with van der Waals surface area (Å²) in [4.78, 5) is 45.8. The van der Waals surface area contributed by atoms with Crippen molar-refractivity contribution < 1.29 is 24.4 Å². The van der Waals surface area contributed by atoms with E-state index in [9.17, 15) is 24.5 Å². The van der Waals surface area contributed by atoms with E-state index in [1.165, 1.54) is 12.1 Å². The number of rotatable bonds is 4. The predicted molar refractivity (Wildman–Crippen MR) is 65.2 cm³/mol. The third kappa shape index (κ3) is 2.41. The summed E-state index contributed by atoms with van der Waals surface area (Å²) in [6.45, 7) is -0.907. The number of amides is 3. The van der Waals surface area contributed by atoms with Gasteiger partial charge in [-0.05, 0) is 12.1 Å². The molecule has 0 radical (unpaired) electrons. The van der Waals surface area contributed by atoms with Gasteiger partial charge >= 0.3 is 12.0 Å². The number of carbonyl (C=O) groups excluding carboxylic acids is 2. The second-order valence-electron chi connectivity index (χ2n) is 4.04. The number of carboxylic acids is 1. The number of hydrogen-bond donors (Lipinski definition) is 1. The molecule has 1 fully saturated rings. The topological polar surface area (TPSA) is 121 Å². The average Bonchev–Trinajstić information content (AvgIpc) is 2.64. The molecule has 0 bridgehead atoms. The zero-order valence-electron chi connectivity index (χ0n) is 10.1. The van der Waals surface area contributed by atoms with Crippen LogP contribution in [0, 0.1) is 10.1 Å². The van der Waals surface area contributed by atoms with Crippen LogP contribution in [0.1, 0.15) is 0 Å². The van der Waals surface area contributed by atoms with Gasteiger partial charge in [0, 0.05) is 12.1 Å². The van der Waals surface area contributed by atoms with E-state index in [0.717, 1.165) is 21.9 Å². The molecule has 0 spiro atoms. The quantitative estimate of drug-likeness (QED) is 0.485. The fourth-order valence-corrected chi connectivity index (χ4v) is 1.81. The van der Waals surface area contributed by atoms with Crippen LogP contribution in [0.3, 0.4) is 0 Å². The number of nitrogens with zero attached hydrogens (tertiary/aromatic N) is 3. The van der Waals surface area contributed by atoms with Crippen molar-refractivity contribution in [1.29, 1.82) is 0 Å². The number of aliphatic carboxylic acids is 1. The average molecular weight is 279 g/mol. The van der Waals surface area contributed by atoms with Crippen LogP contribution in [0.15, 0.2) is 24.3 Å². The van der Waals surface area contributed by atoms with E-state index in [0.29, 0.717) is 0 Å². The lowest BCUT2D eigenvalue weighted by Crippen LogP contribution is -2.35. The maximum absolute atomic E-state index is 11.9. The summed E-state index contributed by atoms with van der Waals surface area (Å²) in [6, 6.07) is 4.09. The Morgan fingerprint density at radius 2 is 1.90 bits per heavy atom. The van der Waals surface area contributed by atoms with Crippen LogP contribution in [0.25, 0.3) is 0 Å². The highest BCUT2D eigenvalue weighted by Crippen LogP contribution is 2.23. The molecule has 20 heavy (non-hydrogen) atoms. The molecule has 0 atom stereocenters. The van der Waals surface area contributed by atoms with Gasteiger partial charge in [0.25, 0.3) is 11.6 Å². The first-order valence-electron chi connectivity index (χ1n) is 5.48. The number of imide groups is 1. The SMILES string of the molecule is O=C(O)CN1CC(=O)N(c2ccc([N+](=O)[O-])cc2)C1=O. The zero-order valence-corrected chi connectivity index (χ0v) is 10.1. The van der Waals surface area contributed by atoms with E-state index < -0.39 is 29.4 Å². The number of nitro benzene ring substituents is 1. The number of urea groups is 1. The summed E-state index contributed by atoms with van der Waals surface area (Å²) >= 11 is 0. The standard InChI is InChI=1S/C11H9N3O6/c15-9-5-12(6-10(16)17)11(18)13(9)7-1-3-8(4-2-7)14(19)20/h1-4H,5-6H2,(H,16,17). The van der Waals surface area contributed by atoms with Crippen LogP contribution in [0.4, 0.5) is 16.2 Å². The van der Waals surface area contributed by atoms with E-state index in [-0.39, 0.29) is 17.9 Å². The lowest BCUT2D eigenvalue weighted by atomic mass is 10.2. The predicted octanol–water partition coefficient (Wildman–Crippen LogP) is 0.448. The minimum absolute atomic E-state index is 0.165. The van der Waals surface area contributed by atoms with Crippen LogP contribution in [-0.2, 0) is 9.59 Å². The van der Waals surface area contributed by atoms with E-state index in [2.05, 4.69) is 0 Å². The molecule has 2 rings (SSSR count). The maximum Gasteiger partial charge on any atom is 0.332 e. The minimum atomic E-state index is -1.23. The summed E-state index contributed by atoms with van der Waals surface area (Å²) in [5, 5.41) is 19.2. The number of benzene rings is 1. The Kier molecular flexibility index (Phi) is 3.34. The fourth-order valence-electron chi connectivity index (χ4n) is 1.81. The van der Waals surface area contributed by atoms with Gasteiger partial charge in [-0.25, -0.2) is 9.69 Å². The molecular weight excluding hydrogens is 270 g/mol. The second kappa shape index (κ2) is 4.96. The van der Waals surface area contributed by atoms with Gasteiger partial charge in [-0.1, -0.05) is 0 Å². The van der Waals surface area contributed by atoms with Crippen molar-refractivity contribution in [2.45, 2.75) is 0 Å². The van der Waals surface area contributed by atoms with Gasteiger partial charge in [-0.2, -0.15) is 0 Å². The van der Waals surface area contributed by atoms with Crippen LogP contribution in [0.5, 0.6) is 0 Å². The van der Waals surface area contributed by atoms with Gasteiger partial charge in [0.1, 0.15) is 13.1 Å².